The molecule has 102 valence electrons. The number of nitrogens with zero attached hydrogens (tertiary/aromatic N) is 2. The molecular weight excluding hydrogens is 226 g/mol. The predicted octanol–water partition coefficient (Wildman–Crippen LogP) is 1.79. The van der Waals surface area contributed by atoms with Crippen molar-refractivity contribution in [3.05, 3.63) is 23.9 Å². The molecular formula is C14H25N3O. The van der Waals surface area contributed by atoms with Gasteiger partial charge in [-0.3, -0.25) is 0 Å². The lowest BCUT2D eigenvalue weighted by Crippen LogP contribution is -2.22. The summed E-state index contributed by atoms with van der Waals surface area (Å²) in [6, 6.07) is 4.13. The van der Waals surface area contributed by atoms with Crippen LogP contribution in [0.4, 0.5) is 5.82 Å². The van der Waals surface area contributed by atoms with Crippen molar-refractivity contribution < 1.29 is 5.11 Å². The third kappa shape index (κ3) is 5.47. The summed E-state index contributed by atoms with van der Waals surface area (Å²) in [5.41, 5.74) is 1.20. The summed E-state index contributed by atoms with van der Waals surface area (Å²) < 4.78 is 0. The first-order chi connectivity index (χ1) is 8.63. The van der Waals surface area contributed by atoms with Gasteiger partial charge >= 0.3 is 0 Å². The highest BCUT2D eigenvalue weighted by molar-refractivity contribution is 5.38. The molecule has 0 aromatic carbocycles. The molecule has 0 spiro atoms. The van der Waals surface area contributed by atoms with Crippen LogP contribution in [-0.4, -0.2) is 36.3 Å². The summed E-state index contributed by atoms with van der Waals surface area (Å²) in [4.78, 5) is 6.51. The van der Waals surface area contributed by atoms with E-state index in [1.807, 2.05) is 26.2 Å². The van der Waals surface area contributed by atoms with E-state index >= 15 is 0 Å². The molecule has 0 bridgehead atoms. The second-order valence-electron chi connectivity index (χ2n) is 4.76. The van der Waals surface area contributed by atoms with Gasteiger partial charge in [-0.25, -0.2) is 4.98 Å². The summed E-state index contributed by atoms with van der Waals surface area (Å²) in [6.07, 6.45) is 3.56. The van der Waals surface area contributed by atoms with E-state index in [1.165, 1.54) is 5.56 Å². The van der Waals surface area contributed by atoms with Crippen LogP contribution in [-0.2, 0) is 6.54 Å². The van der Waals surface area contributed by atoms with Crippen molar-refractivity contribution in [3.63, 3.8) is 0 Å². The molecule has 0 radical (unpaired) electrons. The number of aliphatic hydroxyl groups excluding tert-OH is 1. The Morgan fingerprint density at radius 1 is 1.44 bits per heavy atom. The van der Waals surface area contributed by atoms with Crippen molar-refractivity contribution in [1.82, 2.24) is 10.3 Å². The number of nitrogens with one attached hydrogen (secondary N) is 1. The Balaban J connectivity index is 2.43. The highest BCUT2D eigenvalue weighted by Crippen LogP contribution is 2.10. The predicted molar refractivity (Wildman–Crippen MR) is 75.8 cm³/mol. The molecule has 0 aliphatic carbocycles. The van der Waals surface area contributed by atoms with Crippen LogP contribution in [0.25, 0.3) is 0 Å². The summed E-state index contributed by atoms with van der Waals surface area (Å²) in [5, 5.41) is 12.6. The molecule has 0 aliphatic rings. The van der Waals surface area contributed by atoms with Crippen LogP contribution >= 0.6 is 0 Å². The fourth-order valence-corrected chi connectivity index (χ4v) is 1.65. The highest BCUT2D eigenvalue weighted by atomic mass is 16.3. The Morgan fingerprint density at radius 3 is 2.78 bits per heavy atom. The Bertz CT molecular complexity index is 324. The molecule has 0 aliphatic heterocycles. The Hall–Kier alpha value is -1.13. The SMILES string of the molecule is CCCNCc1ccc(N(C)CCC(C)O)nc1. The van der Waals surface area contributed by atoms with Gasteiger partial charge in [0.15, 0.2) is 0 Å². The van der Waals surface area contributed by atoms with E-state index in [1.54, 1.807) is 0 Å². The van der Waals surface area contributed by atoms with Gasteiger partial charge in [-0.15, -0.1) is 0 Å². The van der Waals surface area contributed by atoms with Crippen molar-refractivity contribution in [3.8, 4) is 0 Å². The minimum Gasteiger partial charge on any atom is -0.393 e. The zero-order chi connectivity index (χ0) is 13.4. The fourth-order valence-electron chi connectivity index (χ4n) is 1.65. The maximum Gasteiger partial charge on any atom is 0.128 e. The van der Waals surface area contributed by atoms with E-state index in [9.17, 15) is 5.11 Å². The van der Waals surface area contributed by atoms with E-state index in [4.69, 9.17) is 0 Å². The van der Waals surface area contributed by atoms with E-state index in [2.05, 4.69) is 28.2 Å². The third-order valence-electron chi connectivity index (χ3n) is 2.84. The minimum absolute atomic E-state index is 0.259. The molecule has 1 unspecified atom stereocenters. The zero-order valence-corrected chi connectivity index (χ0v) is 11.7. The molecule has 18 heavy (non-hydrogen) atoms. The first-order valence-electron chi connectivity index (χ1n) is 6.68. The minimum atomic E-state index is -0.259. The molecule has 0 saturated heterocycles. The van der Waals surface area contributed by atoms with E-state index in [0.29, 0.717) is 0 Å². The second kappa shape index (κ2) is 8.06. The molecule has 4 heteroatoms. The first-order valence-corrected chi connectivity index (χ1v) is 6.68. The normalized spacial score (nSPS) is 12.4. The van der Waals surface area contributed by atoms with Crippen molar-refractivity contribution in [1.29, 1.82) is 0 Å². The lowest BCUT2D eigenvalue weighted by Gasteiger charge is -2.19. The van der Waals surface area contributed by atoms with Crippen LogP contribution in [0.3, 0.4) is 0 Å². The monoisotopic (exact) mass is 251 g/mol. The first kappa shape index (κ1) is 14.9. The van der Waals surface area contributed by atoms with Crippen molar-refractivity contribution in [2.24, 2.45) is 0 Å². The highest BCUT2D eigenvalue weighted by Gasteiger charge is 2.04. The van der Waals surface area contributed by atoms with Gasteiger partial charge in [-0.2, -0.15) is 0 Å². The van der Waals surface area contributed by atoms with E-state index < -0.39 is 0 Å². The maximum absolute atomic E-state index is 9.26. The van der Waals surface area contributed by atoms with Gasteiger partial charge in [0.1, 0.15) is 5.82 Å². The average Bonchev–Trinajstić information content (AvgIpc) is 2.37. The third-order valence-corrected chi connectivity index (χ3v) is 2.84. The van der Waals surface area contributed by atoms with Crippen LogP contribution in [0.1, 0.15) is 32.3 Å². The molecule has 0 amide bonds. The van der Waals surface area contributed by atoms with Crippen LogP contribution in [0.2, 0.25) is 0 Å². The number of hydrogen-bond donors (Lipinski definition) is 2. The zero-order valence-electron chi connectivity index (χ0n) is 11.7. The Morgan fingerprint density at radius 2 is 2.22 bits per heavy atom. The summed E-state index contributed by atoms with van der Waals surface area (Å²) in [5.74, 6) is 0.954. The van der Waals surface area contributed by atoms with Crippen LogP contribution in [0, 0.1) is 0 Å². The van der Waals surface area contributed by atoms with Crippen molar-refractivity contribution in [2.45, 2.75) is 39.3 Å². The molecule has 1 rings (SSSR count). The lowest BCUT2D eigenvalue weighted by molar-refractivity contribution is 0.187. The summed E-state index contributed by atoms with van der Waals surface area (Å²) in [7, 11) is 2.00. The molecule has 1 atom stereocenters. The van der Waals surface area contributed by atoms with Gasteiger partial charge in [0, 0.05) is 26.3 Å². The molecule has 2 N–H and O–H groups in total. The summed E-state index contributed by atoms with van der Waals surface area (Å²) >= 11 is 0. The Kier molecular flexibility index (Phi) is 6.68. The number of anilines is 1. The fraction of sp³-hybridized carbons (Fsp3) is 0.643. The van der Waals surface area contributed by atoms with Gasteiger partial charge in [0.25, 0.3) is 0 Å². The Labute approximate surface area is 110 Å². The standard InChI is InChI=1S/C14H25N3O/c1-4-8-15-10-13-5-6-14(16-11-13)17(3)9-7-12(2)18/h5-6,11-12,15,18H,4,7-10H2,1-3H3. The number of rotatable bonds is 8. The van der Waals surface area contributed by atoms with Crippen LogP contribution < -0.4 is 10.2 Å². The molecule has 1 heterocycles. The van der Waals surface area contributed by atoms with Crippen LogP contribution in [0.15, 0.2) is 18.3 Å². The maximum atomic E-state index is 9.26. The van der Waals surface area contributed by atoms with E-state index in [-0.39, 0.29) is 6.10 Å². The molecule has 0 fully saturated rings. The molecule has 0 saturated carbocycles. The van der Waals surface area contributed by atoms with Gasteiger partial charge < -0.3 is 15.3 Å². The lowest BCUT2D eigenvalue weighted by atomic mass is 10.2. The van der Waals surface area contributed by atoms with Gasteiger partial charge in [-0.1, -0.05) is 13.0 Å². The number of pyridine rings is 1. The van der Waals surface area contributed by atoms with E-state index in [0.717, 1.165) is 38.3 Å². The van der Waals surface area contributed by atoms with Crippen molar-refractivity contribution in [2.75, 3.05) is 25.0 Å². The van der Waals surface area contributed by atoms with Crippen molar-refractivity contribution >= 4 is 5.82 Å². The second-order valence-corrected chi connectivity index (χ2v) is 4.76. The average molecular weight is 251 g/mol. The number of aliphatic hydroxyl groups is 1. The molecule has 4 nitrogen and oxygen atoms in total. The largest absolute Gasteiger partial charge is 0.393 e. The number of hydrogen-bond acceptors (Lipinski definition) is 4. The van der Waals surface area contributed by atoms with Gasteiger partial charge in [0.2, 0.25) is 0 Å². The summed E-state index contributed by atoms with van der Waals surface area (Å²) in [6.45, 7) is 6.70. The van der Waals surface area contributed by atoms with Crippen LogP contribution in [0.5, 0.6) is 0 Å². The van der Waals surface area contributed by atoms with Gasteiger partial charge in [-0.05, 0) is 37.9 Å². The molecule has 1 aromatic heterocycles. The topological polar surface area (TPSA) is 48.4 Å². The smallest absolute Gasteiger partial charge is 0.128 e. The quantitative estimate of drug-likeness (QED) is 0.692. The molecule has 1 aromatic rings. The van der Waals surface area contributed by atoms with Gasteiger partial charge in [0.05, 0.1) is 6.10 Å². The number of aromatic nitrogens is 1.